The van der Waals surface area contributed by atoms with E-state index >= 15 is 0 Å². The van der Waals surface area contributed by atoms with Gasteiger partial charge in [0.1, 0.15) is 9.57 Å². The fraction of sp³-hybridized carbons (Fsp3) is 0.467. The lowest BCUT2D eigenvalue weighted by Gasteiger charge is -2.27. The second kappa shape index (κ2) is 6.84. The SMILES string of the molecule is Cc1ccc(N2C(=O)C(CN3CCOCC3)SC2=S)cc1Cl. The van der Waals surface area contributed by atoms with Crippen molar-refractivity contribution in [1.82, 2.24) is 4.90 Å². The Bertz CT molecular complexity index is 605. The number of hydrogen-bond acceptors (Lipinski definition) is 5. The third-order valence-electron chi connectivity index (χ3n) is 3.86. The van der Waals surface area contributed by atoms with Crippen molar-refractivity contribution in [2.75, 3.05) is 37.7 Å². The molecule has 0 aromatic heterocycles. The van der Waals surface area contributed by atoms with Crippen LogP contribution < -0.4 is 4.90 Å². The molecule has 0 radical (unpaired) electrons. The minimum Gasteiger partial charge on any atom is -0.379 e. The Morgan fingerprint density at radius 1 is 1.41 bits per heavy atom. The minimum absolute atomic E-state index is 0.0430. The van der Waals surface area contributed by atoms with Crippen molar-refractivity contribution in [3.05, 3.63) is 28.8 Å². The number of thioether (sulfide) groups is 1. The van der Waals surface area contributed by atoms with Gasteiger partial charge in [0.15, 0.2) is 0 Å². The van der Waals surface area contributed by atoms with Crippen molar-refractivity contribution in [1.29, 1.82) is 0 Å². The van der Waals surface area contributed by atoms with Crippen LogP contribution in [0.3, 0.4) is 0 Å². The quantitative estimate of drug-likeness (QED) is 0.778. The van der Waals surface area contributed by atoms with Crippen molar-refractivity contribution in [2.24, 2.45) is 0 Å². The number of aryl methyl sites for hydroxylation is 1. The van der Waals surface area contributed by atoms with Crippen LogP contribution in [0.5, 0.6) is 0 Å². The first-order valence-electron chi connectivity index (χ1n) is 7.17. The average Bonchev–Trinajstić information content (AvgIpc) is 2.78. The maximum Gasteiger partial charge on any atom is 0.247 e. The third kappa shape index (κ3) is 3.31. The fourth-order valence-corrected chi connectivity index (χ4v) is 4.30. The van der Waals surface area contributed by atoms with E-state index in [9.17, 15) is 4.79 Å². The van der Waals surface area contributed by atoms with Crippen LogP contribution in [-0.4, -0.2) is 53.2 Å². The second-order valence-electron chi connectivity index (χ2n) is 5.39. The molecule has 1 amide bonds. The van der Waals surface area contributed by atoms with Crippen LogP contribution in [0.25, 0.3) is 0 Å². The van der Waals surface area contributed by atoms with E-state index in [1.54, 1.807) is 11.0 Å². The lowest BCUT2D eigenvalue weighted by Crippen LogP contribution is -2.43. The molecule has 4 nitrogen and oxygen atoms in total. The molecule has 2 saturated heterocycles. The molecule has 2 heterocycles. The molecule has 0 aliphatic carbocycles. The standard InChI is InChI=1S/C15H17ClN2O2S2/c1-10-2-3-11(8-12(10)16)18-14(19)13(22-15(18)21)9-17-4-6-20-7-5-17/h2-3,8,13H,4-7,9H2,1H3. The molecule has 7 heteroatoms. The summed E-state index contributed by atoms with van der Waals surface area (Å²) < 4.78 is 5.94. The Morgan fingerprint density at radius 2 is 2.14 bits per heavy atom. The number of thiocarbonyl (C=S) groups is 1. The molecule has 2 aliphatic heterocycles. The molecule has 22 heavy (non-hydrogen) atoms. The molecule has 118 valence electrons. The van der Waals surface area contributed by atoms with Gasteiger partial charge < -0.3 is 4.74 Å². The summed E-state index contributed by atoms with van der Waals surface area (Å²) in [5.41, 5.74) is 1.74. The Balaban J connectivity index is 1.74. The molecule has 1 aromatic rings. The van der Waals surface area contributed by atoms with Crippen LogP contribution in [0.2, 0.25) is 5.02 Å². The van der Waals surface area contributed by atoms with Gasteiger partial charge in [-0.2, -0.15) is 0 Å². The number of morpholine rings is 1. The van der Waals surface area contributed by atoms with E-state index in [2.05, 4.69) is 4.90 Å². The molecule has 2 aliphatic rings. The number of rotatable bonds is 3. The number of benzene rings is 1. The van der Waals surface area contributed by atoms with Gasteiger partial charge in [0, 0.05) is 24.7 Å². The number of nitrogens with zero attached hydrogens (tertiary/aromatic N) is 2. The van der Waals surface area contributed by atoms with Gasteiger partial charge in [-0.1, -0.05) is 41.6 Å². The topological polar surface area (TPSA) is 32.8 Å². The van der Waals surface area contributed by atoms with Crippen LogP contribution in [0.15, 0.2) is 18.2 Å². The summed E-state index contributed by atoms with van der Waals surface area (Å²) in [4.78, 5) is 16.6. The largest absolute Gasteiger partial charge is 0.379 e. The molecule has 0 saturated carbocycles. The molecule has 0 bridgehead atoms. The highest BCUT2D eigenvalue weighted by atomic mass is 35.5. The number of carbonyl (C=O) groups is 1. The number of anilines is 1. The first-order valence-corrected chi connectivity index (χ1v) is 8.83. The van der Waals surface area contributed by atoms with Gasteiger partial charge in [-0.25, -0.2) is 0 Å². The number of ether oxygens (including phenoxy) is 1. The maximum absolute atomic E-state index is 12.7. The Labute approximate surface area is 144 Å². The van der Waals surface area contributed by atoms with Crippen LogP contribution in [0.1, 0.15) is 5.56 Å². The summed E-state index contributed by atoms with van der Waals surface area (Å²) in [6, 6.07) is 5.61. The molecule has 0 N–H and O–H groups in total. The molecule has 2 fully saturated rings. The van der Waals surface area contributed by atoms with E-state index in [-0.39, 0.29) is 11.2 Å². The van der Waals surface area contributed by atoms with E-state index in [0.717, 1.165) is 37.6 Å². The molecular formula is C15H17ClN2O2S2. The van der Waals surface area contributed by atoms with E-state index in [1.807, 2.05) is 19.1 Å². The summed E-state index contributed by atoms with van der Waals surface area (Å²) >= 11 is 13.0. The maximum atomic E-state index is 12.7. The van der Waals surface area contributed by atoms with E-state index in [4.69, 9.17) is 28.6 Å². The Kier molecular flexibility index (Phi) is 5.04. The minimum atomic E-state index is -0.148. The average molecular weight is 357 g/mol. The van der Waals surface area contributed by atoms with Crippen LogP contribution in [0, 0.1) is 6.92 Å². The number of carbonyl (C=O) groups excluding carboxylic acids is 1. The van der Waals surface area contributed by atoms with Gasteiger partial charge in [-0.3, -0.25) is 14.6 Å². The molecule has 1 atom stereocenters. The van der Waals surface area contributed by atoms with Gasteiger partial charge in [-0.15, -0.1) is 0 Å². The number of hydrogen-bond donors (Lipinski definition) is 0. The van der Waals surface area contributed by atoms with E-state index < -0.39 is 0 Å². The number of amides is 1. The molecular weight excluding hydrogens is 340 g/mol. The second-order valence-corrected chi connectivity index (χ2v) is 7.64. The molecule has 0 spiro atoms. The normalized spacial score (nSPS) is 23.4. The Morgan fingerprint density at radius 3 is 2.82 bits per heavy atom. The Hall–Kier alpha value is -0.660. The third-order valence-corrected chi connectivity index (χ3v) is 5.76. The summed E-state index contributed by atoms with van der Waals surface area (Å²) in [5.74, 6) is 0.0430. The molecule has 3 rings (SSSR count). The van der Waals surface area contributed by atoms with Gasteiger partial charge in [0.25, 0.3) is 0 Å². The summed E-state index contributed by atoms with van der Waals surface area (Å²) in [6.45, 7) is 5.84. The fourth-order valence-electron chi connectivity index (χ4n) is 2.55. The zero-order valence-electron chi connectivity index (χ0n) is 12.3. The zero-order valence-corrected chi connectivity index (χ0v) is 14.6. The highest BCUT2D eigenvalue weighted by Gasteiger charge is 2.39. The van der Waals surface area contributed by atoms with Crippen molar-refractivity contribution in [2.45, 2.75) is 12.2 Å². The predicted octanol–water partition coefficient (Wildman–Crippen LogP) is 2.71. The van der Waals surface area contributed by atoms with Gasteiger partial charge >= 0.3 is 0 Å². The van der Waals surface area contributed by atoms with E-state index in [0.29, 0.717) is 15.9 Å². The van der Waals surface area contributed by atoms with Crippen molar-refractivity contribution in [3.8, 4) is 0 Å². The smallest absolute Gasteiger partial charge is 0.247 e. The van der Waals surface area contributed by atoms with Gasteiger partial charge in [-0.05, 0) is 24.6 Å². The van der Waals surface area contributed by atoms with Crippen molar-refractivity contribution in [3.63, 3.8) is 0 Å². The van der Waals surface area contributed by atoms with Crippen molar-refractivity contribution < 1.29 is 9.53 Å². The predicted molar refractivity (Wildman–Crippen MR) is 94.9 cm³/mol. The summed E-state index contributed by atoms with van der Waals surface area (Å²) in [6.07, 6.45) is 0. The monoisotopic (exact) mass is 356 g/mol. The summed E-state index contributed by atoms with van der Waals surface area (Å²) in [7, 11) is 0. The first kappa shape index (κ1) is 16.2. The molecule has 1 unspecified atom stereocenters. The van der Waals surface area contributed by atoms with Crippen LogP contribution >= 0.6 is 35.6 Å². The van der Waals surface area contributed by atoms with E-state index in [1.165, 1.54) is 11.8 Å². The van der Waals surface area contributed by atoms with Gasteiger partial charge in [0.05, 0.1) is 18.9 Å². The highest BCUT2D eigenvalue weighted by molar-refractivity contribution is 8.25. The van der Waals surface area contributed by atoms with Crippen LogP contribution in [-0.2, 0) is 9.53 Å². The lowest BCUT2D eigenvalue weighted by atomic mass is 10.2. The molecule has 1 aromatic carbocycles. The number of halogens is 1. The summed E-state index contributed by atoms with van der Waals surface area (Å²) in [5, 5.41) is 0.500. The van der Waals surface area contributed by atoms with Gasteiger partial charge in [0.2, 0.25) is 5.91 Å². The van der Waals surface area contributed by atoms with Crippen molar-refractivity contribution >= 4 is 51.5 Å². The lowest BCUT2D eigenvalue weighted by molar-refractivity contribution is -0.117. The zero-order chi connectivity index (χ0) is 15.7. The van der Waals surface area contributed by atoms with Crippen LogP contribution in [0.4, 0.5) is 5.69 Å². The highest BCUT2D eigenvalue weighted by Crippen LogP contribution is 2.34. The first-order chi connectivity index (χ1) is 10.6.